The number of carbonyl (C=O) groups is 1. The number of amides is 1. The van der Waals surface area contributed by atoms with E-state index in [1.807, 2.05) is 64.2 Å². The zero-order valence-electron chi connectivity index (χ0n) is 17.3. The summed E-state index contributed by atoms with van der Waals surface area (Å²) in [6.07, 6.45) is -0.447. The number of methoxy groups -OCH3 is 1. The highest BCUT2D eigenvalue weighted by Gasteiger charge is 2.15. The second-order valence-corrected chi connectivity index (χ2v) is 7.41. The van der Waals surface area contributed by atoms with Gasteiger partial charge in [0.1, 0.15) is 23.7 Å². The molecule has 0 bridgehead atoms. The first-order chi connectivity index (χ1) is 13.3. The summed E-state index contributed by atoms with van der Waals surface area (Å²) in [4.78, 5) is 11.7. The standard InChI is InChI=1S/C22H30N2O4/c1-22(2,3)28-21(25)24-9-10-27-20-12-16(15-23-4)11-18(14-20)17-7-6-8-19(13-17)26-5/h6-8,11-14,23H,9-10,15H2,1-5H3,(H,24,25). The lowest BCUT2D eigenvalue weighted by Crippen LogP contribution is -2.34. The van der Waals surface area contributed by atoms with Gasteiger partial charge in [0.05, 0.1) is 13.7 Å². The molecule has 152 valence electrons. The Morgan fingerprint density at radius 1 is 1.04 bits per heavy atom. The van der Waals surface area contributed by atoms with Crippen LogP contribution < -0.4 is 20.1 Å². The molecule has 0 aliphatic rings. The van der Waals surface area contributed by atoms with Gasteiger partial charge in [-0.3, -0.25) is 0 Å². The highest BCUT2D eigenvalue weighted by Crippen LogP contribution is 2.28. The lowest BCUT2D eigenvalue weighted by molar-refractivity contribution is 0.0520. The number of ether oxygens (including phenoxy) is 3. The lowest BCUT2D eigenvalue weighted by atomic mass is 10.0. The van der Waals surface area contributed by atoms with Crippen molar-refractivity contribution in [1.29, 1.82) is 0 Å². The van der Waals surface area contributed by atoms with Gasteiger partial charge in [0, 0.05) is 6.54 Å². The lowest BCUT2D eigenvalue weighted by Gasteiger charge is -2.19. The number of rotatable bonds is 8. The van der Waals surface area contributed by atoms with Gasteiger partial charge in [0.25, 0.3) is 0 Å². The molecule has 0 saturated carbocycles. The van der Waals surface area contributed by atoms with Gasteiger partial charge in [-0.15, -0.1) is 0 Å². The van der Waals surface area contributed by atoms with Gasteiger partial charge in [-0.2, -0.15) is 0 Å². The number of benzene rings is 2. The molecule has 0 aliphatic heterocycles. The Kier molecular flexibility index (Phi) is 7.70. The second kappa shape index (κ2) is 9.99. The molecule has 28 heavy (non-hydrogen) atoms. The van der Waals surface area contributed by atoms with Crippen molar-refractivity contribution in [2.75, 3.05) is 27.3 Å². The first-order valence-corrected chi connectivity index (χ1v) is 9.33. The summed E-state index contributed by atoms with van der Waals surface area (Å²) in [7, 11) is 3.56. The van der Waals surface area contributed by atoms with E-state index in [0.29, 0.717) is 13.2 Å². The summed E-state index contributed by atoms with van der Waals surface area (Å²) in [5.41, 5.74) is 2.69. The Morgan fingerprint density at radius 2 is 1.79 bits per heavy atom. The Labute approximate surface area is 167 Å². The van der Waals surface area contributed by atoms with Crippen LogP contribution in [-0.2, 0) is 11.3 Å². The van der Waals surface area contributed by atoms with Crippen molar-refractivity contribution in [3.63, 3.8) is 0 Å². The monoisotopic (exact) mass is 386 g/mol. The van der Waals surface area contributed by atoms with Crippen LogP contribution >= 0.6 is 0 Å². The third-order valence-electron chi connectivity index (χ3n) is 3.79. The van der Waals surface area contributed by atoms with E-state index >= 15 is 0 Å². The van der Waals surface area contributed by atoms with Crippen LogP contribution in [0.2, 0.25) is 0 Å². The molecule has 1 amide bonds. The average molecular weight is 386 g/mol. The third-order valence-corrected chi connectivity index (χ3v) is 3.79. The maximum atomic E-state index is 11.7. The van der Waals surface area contributed by atoms with E-state index in [1.54, 1.807) is 7.11 Å². The third kappa shape index (κ3) is 7.12. The number of hydrogen-bond donors (Lipinski definition) is 2. The van der Waals surface area contributed by atoms with Gasteiger partial charge in [0.15, 0.2) is 0 Å². The van der Waals surface area contributed by atoms with E-state index in [-0.39, 0.29) is 0 Å². The second-order valence-electron chi connectivity index (χ2n) is 7.41. The van der Waals surface area contributed by atoms with Crippen molar-refractivity contribution in [3.8, 4) is 22.6 Å². The van der Waals surface area contributed by atoms with Gasteiger partial charge >= 0.3 is 6.09 Å². The predicted molar refractivity (Wildman–Crippen MR) is 111 cm³/mol. The molecule has 2 rings (SSSR count). The molecule has 0 atom stereocenters. The van der Waals surface area contributed by atoms with Gasteiger partial charge in [-0.25, -0.2) is 4.79 Å². The number of carbonyl (C=O) groups excluding carboxylic acids is 1. The smallest absolute Gasteiger partial charge is 0.407 e. The van der Waals surface area contributed by atoms with Gasteiger partial charge in [-0.05, 0) is 74.8 Å². The fraction of sp³-hybridized carbons (Fsp3) is 0.409. The number of nitrogens with one attached hydrogen (secondary N) is 2. The summed E-state index contributed by atoms with van der Waals surface area (Å²) in [5, 5.41) is 5.86. The summed E-state index contributed by atoms with van der Waals surface area (Å²) in [5.74, 6) is 1.55. The molecule has 2 N–H and O–H groups in total. The summed E-state index contributed by atoms with van der Waals surface area (Å²) in [6.45, 7) is 6.92. The van der Waals surface area contributed by atoms with Crippen LogP contribution in [0.15, 0.2) is 42.5 Å². The topological polar surface area (TPSA) is 68.8 Å². The molecule has 0 saturated heterocycles. The molecule has 0 aromatic heterocycles. The van der Waals surface area contributed by atoms with Crippen LogP contribution in [0.25, 0.3) is 11.1 Å². The summed E-state index contributed by atoms with van der Waals surface area (Å²) >= 11 is 0. The first kappa shape index (κ1) is 21.6. The van der Waals surface area contributed by atoms with E-state index < -0.39 is 11.7 Å². The molecule has 0 heterocycles. The Morgan fingerprint density at radius 3 is 2.46 bits per heavy atom. The van der Waals surface area contributed by atoms with Crippen LogP contribution in [0.3, 0.4) is 0 Å². The van der Waals surface area contributed by atoms with Crippen LogP contribution in [0.4, 0.5) is 4.79 Å². The van der Waals surface area contributed by atoms with Crippen LogP contribution in [0, 0.1) is 0 Å². The van der Waals surface area contributed by atoms with Crippen molar-refractivity contribution >= 4 is 6.09 Å². The quantitative estimate of drug-likeness (QED) is 0.672. The van der Waals surface area contributed by atoms with E-state index in [9.17, 15) is 4.79 Å². The van der Waals surface area contributed by atoms with E-state index in [4.69, 9.17) is 14.2 Å². The van der Waals surface area contributed by atoms with Crippen LogP contribution in [0.5, 0.6) is 11.5 Å². The SMILES string of the molecule is CNCc1cc(OCCNC(=O)OC(C)(C)C)cc(-c2cccc(OC)c2)c1. The highest BCUT2D eigenvalue weighted by molar-refractivity contribution is 5.68. The van der Waals surface area contributed by atoms with Crippen molar-refractivity contribution in [2.24, 2.45) is 0 Å². The van der Waals surface area contributed by atoms with E-state index in [1.165, 1.54) is 0 Å². The number of hydrogen-bond acceptors (Lipinski definition) is 5. The minimum Gasteiger partial charge on any atom is -0.497 e. The average Bonchev–Trinajstić information content (AvgIpc) is 2.64. The van der Waals surface area contributed by atoms with Crippen molar-refractivity contribution in [3.05, 3.63) is 48.0 Å². The Hall–Kier alpha value is -2.73. The van der Waals surface area contributed by atoms with Crippen LogP contribution in [-0.4, -0.2) is 39.0 Å². The molecule has 2 aromatic rings. The molecule has 6 heteroatoms. The minimum absolute atomic E-state index is 0.347. The Balaban J connectivity index is 2.05. The largest absolute Gasteiger partial charge is 0.497 e. The highest BCUT2D eigenvalue weighted by atomic mass is 16.6. The van der Waals surface area contributed by atoms with Gasteiger partial charge in [0.2, 0.25) is 0 Å². The molecule has 6 nitrogen and oxygen atoms in total. The molecular weight excluding hydrogens is 356 g/mol. The molecule has 0 unspecified atom stereocenters. The summed E-state index contributed by atoms with van der Waals surface area (Å²) in [6, 6.07) is 14.0. The minimum atomic E-state index is -0.516. The fourth-order valence-electron chi connectivity index (χ4n) is 2.66. The molecule has 0 spiro atoms. The normalized spacial score (nSPS) is 11.0. The van der Waals surface area contributed by atoms with Gasteiger partial charge < -0.3 is 24.8 Å². The summed E-state index contributed by atoms with van der Waals surface area (Å²) < 4.78 is 16.4. The Bertz CT molecular complexity index is 784. The van der Waals surface area contributed by atoms with E-state index in [0.717, 1.165) is 34.7 Å². The first-order valence-electron chi connectivity index (χ1n) is 9.33. The zero-order chi connectivity index (χ0) is 20.6. The predicted octanol–water partition coefficient (Wildman–Crippen LogP) is 3.99. The van der Waals surface area contributed by atoms with Crippen molar-refractivity contribution in [1.82, 2.24) is 10.6 Å². The molecule has 2 aromatic carbocycles. The zero-order valence-corrected chi connectivity index (χ0v) is 17.3. The van der Waals surface area contributed by atoms with Crippen LogP contribution in [0.1, 0.15) is 26.3 Å². The number of alkyl carbamates (subject to hydrolysis) is 1. The maximum Gasteiger partial charge on any atom is 0.407 e. The molecule has 0 radical (unpaired) electrons. The van der Waals surface area contributed by atoms with Crippen molar-refractivity contribution in [2.45, 2.75) is 32.9 Å². The molecular formula is C22H30N2O4. The van der Waals surface area contributed by atoms with Crippen molar-refractivity contribution < 1.29 is 19.0 Å². The van der Waals surface area contributed by atoms with E-state index in [2.05, 4.69) is 16.7 Å². The maximum absolute atomic E-state index is 11.7. The van der Waals surface area contributed by atoms with Gasteiger partial charge in [-0.1, -0.05) is 12.1 Å². The fourth-order valence-corrected chi connectivity index (χ4v) is 2.66. The molecule has 0 aliphatic carbocycles. The molecule has 0 fully saturated rings.